The van der Waals surface area contributed by atoms with E-state index in [4.69, 9.17) is 4.74 Å². The Kier molecular flexibility index (Phi) is 5.76. The molecule has 102 valence electrons. The van der Waals surface area contributed by atoms with Crippen molar-refractivity contribution in [3.05, 3.63) is 46.7 Å². The van der Waals surface area contributed by atoms with Gasteiger partial charge in [0.05, 0.1) is 12.3 Å². The van der Waals surface area contributed by atoms with Gasteiger partial charge in [-0.15, -0.1) is 11.3 Å². The molecule has 0 radical (unpaired) electrons. The number of hydrogen-bond acceptors (Lipinski definition) is 3. The molecule has 2 aromatic rings. The average molecular weight is 275 g/mol. The number of hydrogen-bond donors (Lipinski definition) is 1. The van der Waals surface area contributed by atoms with Gasteiger partial charge in [-0.2, -0.15) is 0 Å². The molecule has 0 atom stereocenters. The largest absolute Gasteiger partial charge is 0.491 e. The lowest BCUT2D eigenvalue weighted by molar-refractivity contribution is 0.307. The standard InChI is InChI=1S/C16H21NOS/c1-2-3-6-11-18-16-10-5-4-9-15(16)17-13-14-8-7-12-19-14/h4-5,7-10,12,17H,2-3,6,11,13H2,1H3. The first-order valence-corrected chi connectivity index (χ1v) is 7.76. The fourth-order valence-corrected chi connectivity index (χ4v) is 2.51. The second kappa shape index (κ2) is 7.85. The van der Waals surface area contributed by atoms with Crippen LogP contribution in [0.25, 0.3) is 0 Å². The van der Waals surface area contributed by atoms with E-state index >= 15 is 0 Å². The van der Waals surface area contributed by atoms with Crippen LogP contribution in [0.3, 0.4) is 0 Å². The third kappa shape index (κ3) is 4.60. The van der Waals surface area contributed by atoms with Crippen LogP contribution in [0.4, 0.5) is 5.69 Å². The van der Waals surface area contributed by atoms with Crippen molar-refractivity contribution in [1.82, 2.24) is 0 Å². The Morgan fingerprint density at radius 1 is 1.11 bits per heavy atom. The van der Waals surface area contributed by atoms with Gasteiger partial charge < -0.3 is 10.1 Å². The first-order chi connectivity index (χ1) is 9.40. The van der Waals surface area contributed by atoms with Crippen LogP contribution in [0.2, 0.25) is 0 Å². The Bertz CT molecular complexity index is 467. The minimum atomic E-state index is 0.797. The van der Waals surface area contributed by atoms with Crippen molar-refractivity contribution >= 4 is 17.0 Å². The molecule has 0 fully saturated rings. The van der Waals surface area contributed by atoms with E-state index in [0.29, 0.717) is 0 Å². The predicted molar refractivity (Wildman–Crippen MR) is 83.1 cm³/mol. The van der Waals surface area contributed by atoms with Gasteiger partial charge in [0.2, 0.25) is 0 Å². The summed E-state index contributed by atoms with van der Waals surface area (Å²) in [6.07, 6.45) is 3.57. The van der Waals surface area contributed by atoms with Crippen LogP contribution in [0.15, 0.2) is 41.8 Å². The maximum absolute atomic E-state index is 5.85. The van der Waals surface area contributed by atoms with Gasteiger partial charge in [-0.3, -0.25) is 0 Å². The molecule has 0 spiro atoms. The Balaban J connectivity index is 1.88. The molecule has 0 unspecified atom stereocenters. The van der Waals surface area contributed by atoms with E-state index in [0.717, 1.165) is 31.0 Å². The van der Waals surface area contributed by atoms with Gasteiger partial charge in [0.25, 0.3) is 0 Å². The highest BCUT2D eigenvalue weighted by Crippen LogP contribution is 2.25. The van der Waals surface area contributed by atoms with E-state index in [1.165, 1.54) is 17.7 Å². The number of benzene rings is 1. The van der Waals surface area contributed by atoms with Gasteiger partial charge in [-0.25, -0.2) is 0 Å². The quantitative estimate of drug-likeness (QED) is 0.690. The molecule has 2 rings (SSSR count). The summed E-state index contributed by atoms with van der Waals surface area (Å²) in [6, 6.07) is 12.4. The van der Waals surface area contributed by atoms with Crippen molar-refractivity contribution < 1.29 is 4.74 Å². The summed E-state index contributed by atoms with van der Waals surface area (Å²) in [6.45, 7) is 3.86. The maximum atomic E-state index is 5.85. The van der Waals surface area contributed by atoms with Gasteiger partial charge >= 0.3 is 0 Å². The minimum Gasteiger partial charge on any atom is -0.491 e. The third-order valence-corrected chi connectivity index (χ3v) is 3.80. The summed E-state index contributed by atoms with van der Waals surface area (Å²) in [7, 11) is 0. The fourth-order valence-electron chi connectivity index (χ4n) is 1.87. The highest BCUT2D eigenvalue weighted by Gasteiger charge is 2.02. The lowest BCUT2D eigenvalue weighted by atomic mass is 10.2. The molecule has 2 nitrogen and oxygen atoms in total. The van der Waals surface area contributed by atoms with Gasteiger partial charge in [-0.1, -0.05) is 38.0 Å². The first kappa shape index (κ1) is 13.9. The number of ether oxygens (including phenoxy) is 1. The molecule has 3 heteroatoms. The van der Waals surface area contributed by atoms with Crippen LogP contribution >= 0.6 is 11.3 Å². The molecule has 0 amide bonds. The highest BCUT2D eigenvalue weighted by molar-refractivity contribution is 7.09. The molecule has 0 saturated heterocycles. The molecule has 0 aliphatic heterocycles. The normalized spacial score (nSPS) is 10.4. The predicted octanol–water partition coefficient (Wildman–Crippen LogP) is 4.93. The molecular formula is C16H21NOS. The Labute approximate surface area is 119 Å². The molecule has 19 heavy (non-hydrogen) atoms. The van der Waals surface area contributed by atoms with Crippen molar-refractivity contribution in [1.29, 1.82) is 0 Å². The minimum absolute atomic E-state index is 0.797. The van der Waals surface area contributed by atoms with E-state index in [1.807, 2.05) is 18.2 Å². The number of unbranched alkanes of at least 4 members (excludes halogenated alkanes) is 2. The Hall–Kier alpha value is -1.48. The highest BCUT2D eigenvalue weighted by atomic mass is 32.1. The molecule has 1 heterocycles. The number of para-hydroxylation sites is 2. The smallest absolute Gasteiger partial charge is 0.142 e. The topological polar surface area (TPSA) is 21.3 Å². The van der Waals surface area contributed by atoms with Gasteiger partial charge in [0.15, 0.2) is 0 Å². The number of nitrogens with one attached hydrogen (secondary N) is 1. The summed E-state index contributed by atoms with van der Waals surface area (Å²) < 4.78 is 5.85. The van der Waals surface area contributed by atoms with Crippen LogP contribution in [0, 0.1) is 0 Å². The molecule has 0 aliphatic carbocycles. The average Bonchev–Trinajstić information content (AvgIpc) is 2.96. The van der Waals surface area contributed by atoms with Crippen molar-refractivity contribution in [2.75, 3.05) is 11.9 Å². The number of thiophene rings is 1. The van der Waals surface area contributed by atoms with Crippen LogP contribution < -0.4 is 10.1 Å². The van der Waals surface area contributed by atoms with Crippen LogP contribution in [0.5, 0.6) is 5.75 Å². The van der Waals surface area contributed by atoms with Crippen LogP contribution in [0.1, 0.15) is 31.1 Å². The van der Waals surface area contributed by atoms with Crippen molar-refractivity contribution in [2.24, 2.45) is 0 Å². The van der Waals surface area contributed by atoms with Gasteiger partial charge in [-0.05, 0) is 30.0 Å². The number of anilines is 1. The second-order valence-corrected chi connectivity index (χ2v) is 5.52. The van der Waals surface area contributed by atoms with Crippen molar-refractivity contribution in [3.63, 3.8) is 0 Å². The van der Waals surface area contributed by atoms with E-state index in [1.54, 1.807) is 11.3 Å². The summed E-state index contributed by atoms with van der Waals surface area (Å²) in [5.41, 5.74) is 1.08. The number of rotatable bonds is 8. The van der Waals surface area contributed by atoms with Gasteiger partial charge in [0, 0.05) is 11.4 Å². The molecule has 1 aromatic carbocycles. The Morgan fingerprint density at radius 3 is 2.79 bits per heavy atom. The summed E-state index contributed by atoms with van der Waals surface area (Å²) in [5.74, 6) is 0.954. The van der Waals surface area contributed by atoms with Gasteiger partial charge in [0.1, 0.15) is 5.75 Å². The van der Waals surface area contributed by atoms with Crippen LogP contribution in [-0.4, -0.2) is 6.61 Å². The van der Waals surface area contributed by atoms with Crippen LogP contribution in [-0.2, 0) is 6.54 Å². The first-order valence-electron chi connectivity index (χ1n) is 6.88. The van der Waals surface area contributed by atoms with E-state index in [9.17, 15) is 0 Å². The zero-order valence-corrected chi connectivity index (χ0v) is 12.2. The lowest BCUT2D eigenvalue weighted by Gasteiger charge is -2.12. The van der Waals surface area contributed by atoms with Crippen molar-refractivity contribution in [2.45, 2.75) is 32.7 Å². The monoisotopic (exact) mass is 275 g/mol. The molecule has 0 aliphatic rings. The Morgan fingerprint density at radius 2 is 2.00 bits per heavy atom. The zero-order chi connectivity index (χ0) is 13.3. The molecule has 0 saturated carbocycles. The summed E-state index contributed by atoms with van der Waals surface area (Å²) >= 11 is 1.77. The van der Waals surface area contributed by atoms with E-state index < -0.39 is 0 Å². The SMILES string of the molecule is CCCCCOc1ccccc1NCc1cccs1. The van der Waals surface area contributed by atoms with E-state index in [2.05, 4.69) is 35.8 Å². The fraction of sp³-hybridized carbons (Fsp3) is 0.375. The third-order valence-electron chi connectivity index (χ3n) is 2.93. The maximum Gasteiger partial charge on any atom is 0.142 e. The molecule has 1 aromatic heterocycles. The molecule has 1 N–H and O–H groups in total. The molecule has 0 bridgehead atoms. The van der Waals surface area contributed by atoms with E-state index in [-0.39, 0.29) is 0 Å². The summed E-state index contributed by atoms with van der Waals surface area (Å²) in [4.78, 5) is 1.33. The lowest BCUT2D eigenvalue weighted by Crippen LogP contribution is -2.03. The second-order valence-electron chi connectivity index (χ2n) is 4.48. The van der Waals surface area contributed by atoms with Crippen molar-refractivity contribution in [3.8, 4) is 5.75 Å². The molecular weight excluding hydrogens is 254 g/mol. The summed E-state index contributed by atoms with van der Waals surface area (Å²) in [5, 5.41) is 5.54. The zero-order valence-electron chi connectivity index (χ0n) is 11.4.